The van der Waals surface area contributed by atoms with Crippen molar-refractivity contribution in [3.63, 3.8) is 0 Å². The maximum atomic E-state index is 12.4. The number of carbonyl (C=O) groups is 2. The molecule has 29 heavy (non-hydrogen) atoms. The van der Waals surface area contributed by atoms with Crippen LogP contribution in [0, 0.1) is 0 Å². The second-order valence-corrected chi connectivity index (χ2v) is 7.51. The Balaban J connectivity index is 1.57. The van der Waals surface area contributed by atoms with Gasteiger partial charge in [0.15, 0.2) is 10.9 Å². The average molecular weight is 404 g/mol. The Kier molecular flexibility index (Phi) is 4.97. The van der Waals surface area contributed by atoms with Gasteiger partial charge in [0.25, 0.3) is 0 Å². The number of nitrogens with zero attached hydrogens (tertiary/aromatic N) is 1. The standard InChI is InChI=1S/C22H16N2O4S/c25-18-11-15-4-2-1-3-14(15)10-16(18)12-19-21(28)24-22(29-19)23-17-7-5-13(6-8-17)9-20(26)27/h1-8,10-12,28H,9H2,(H,23,24)(H,26,27). The van der Waals surface area contributed by atoms with E-state index in [4.69, 9.17) is 5.11 Å². The topological polar surface area (TPSA) is 99.5 Å². The first-order valence-corrected chi connectivity index (χ1v) is 9.62. The maximum Gasteiger partial charge on any atom is 0.307 e. The summed E-state index contributed by atoms with van der Waals surface area (Å²) in [5.41, 5.74) is 1.89. The molecule has 0 saturated carbocycles. The number of aromatic nitrogens is 1. The average Bonchev–Trinajstić information content (AvgIpc) is 3.02. The second kappa shape index (κ2) is 7.73. The van der Waals surface area contributed by atoms with Gasteiger partial charge < -0.3 is 15.5 Å². The number of anilines is 2. The molecule has 1 aromatic heterocycles. The largest absolute Gasteiger partial charge is 0.492 e. The molecule has 0 bridgehead atoms. The molecule has 2 aromatic carbocycles. The molecule has 7 heteroatoms. The van der Waals surface area contributed by atoms with Crippen LogP contribution >= 0.6 is 11.3 Å². The lowest BCUT2D eigenvalue weighted by atomic mass is 10.0. The minimum atomic E-state index is -0.887. The molecule has 1 heterocycles. The number of aromatic hydroxyl groups is 1. The first-order chi connectivity index (χ1) is 14.0. The Labute approximate surface area is 169 Å². The highest BCUT2D eigenvalue weighted by atomic mass is 32.1. The molecule has 0 saturated heterocycles. The third-order valence-electron chi connectivity index (χ3n) is 4.36. The number of carbonyl (C=O) groups excluding carboxylic acids is 1. The molecule has 1 aliphatic rings. The van der Waals surface area contributed by atoms with Gasteiger partial charge in [-0.05, 0) is 46.4 Å². The Morgan fingerprint density at radius 2 is 1.76 bits per heavy atom. The number of ketones is 1. The molecule has 3 aromatic rings. The van der Waals surface area contributed by atoms with Crippen LogP contribution in [-0.4, -0.2) is 26.9 Å². The highest BCUT2D eigenvalue weighted by Gasteiger charge is 2.13. The lowest BCUT2D eigenvalue weighted by Gasteiger charge is -2.03. The minimum absolute atomic E-state index is 0.0410. The van der Waals surface area contributed by atoms with Crippen molar-refractivity contribution in [1.82, 2.24) is 4.98 Å². The number of fused-ring (bicyclic) bond motifs is 1. The Morgan fingerprint density at radius 3 is 2.45 bits per heavy atom. The van der Waals surface area contributed by atoms with Gasteiger partial charge in [0.05, 0.1) is 11.3 Å². The number of allylic oxidation sites excluding steroid dienone is 1. The summed E-state index contributed by atoms with van der Waals surface area (Å²) in [5.74, 6) is -1.17. The number of aliphatic carboxylic acids is 1. The highest BCUT2D eigenvalue weighted by molar-refractivity contribution is 7.16. The number of thiazole rings is 1. The predicted molar refractivity (Wildman–Crippen MR) is 112 cm³/mol. The van der Waals surface area contributed by atoms with E-state index >= 15 is 0 Å². The van der Waals surface area contributed by atoms with E-state index in [1.807, 2.05) is 24.3 Å². The molecule has 0 fully saturated rings. The molecule has 6 nitrogen and oxygen atoms in total. The molecule has 0 radical (unpaired) electrons. The lowest BCUT2D eigenvalue weighted by Crippen LogP contribution is -2.29. The quantitative estimate of drug-likeness (QED) is 0.565. The van der Waals surface area contributed by atoms with E-state index in [1.54, 1.807) is 42.5 Å². The molecule has 0 amide bonds. The number of nitrogens with one attached hydrogen (secondary N) is 1. The third kappa shape index (κ3) is 4.25. The van der Waals surface area contributed by atoms with Crippen molar-refractivity contribution >= 4 is 52.1 Å². The van der Waals surface area contributed by atoms with Crippen LogP contribution in [0.5, 0.6) is 5.88 Å². The fourth-order valence-corrected chi connectivity index (χ4v) is 3.80. The van der Waals surface area contributed by atoms with Crippen LogP contribution in [-0.2, 0) is 16.0 Å². The Bertz CT molecular complexity index is 1260. The predicted octanol–water partition coefficient (Wildman–Crippen LogP) is 2.45. The number of hydrogen-bond donors (Lipinski definition) is 3. The van der Waals surface area contributed by atoms with Gasteiger partial charge in [0.2, 0.25) is 5.88 Å². The van der Waals surface area contributed by atoms with E-state index in [2.05, 4.69) is 10.3 Å². The molecule has 1 aliphatic carbocycles. The van der Waals surface area contributed by atoms with Crippen molar-refractivity contribution in [3.05, 3.63) is 75.0 Å². The van der Waals surface area contributed by atoms with Crippen molar-refractivity contribution in [1.29, 1.82) is 0 Å². The summed E-state index contributed by atoms with van der Waals surface area (Å²) in [5, 5.41) is 24.4. The number of Topliss-reactive ketones (excluding diaryl/α,β-unsaturated/α-hetero) is 1. The van der Waals surface area contributed by atoms with Crippen LogP contribution in [0.25, 0.3) is 18.2 Å². The van der Waals surface area contributed by atoms with E-state index in [1.165, 1.54) is 11.3 Å². The van der Waals surface area contributed by atoms with Gasteiger partial charge in [-0.25, -0.2) is 0 Å². The molecule has 3 N–H and O–H groups in total. The summed E-state index contributed by atoms with van der Waals surface area (Å²) in [6, 6.07) is 14.5. The fraction of sp³-hybridized carbons (Fsp3) is 0.0455. The zero-order valence-electron chi connectivity index (χ0n) is 15.1. The summed E-state index contributed by atoms with van der Waals surface area (Å²) >= 11 is 1.22. The molecule has 4 rings (SSSR count). The summed E-state index contributed by atoms with van der Waals surface area (Å²) in [7, 11) is 0. The van der Waals surface area contributed by atoms with Gasteiger partial charge in [-0.2, -0.15) is 4.98 Å². The summed E-state index contributed by atoms with van der Waals surface area (Å²) in [6.45, 7) is 0. The van der Waals surface area contributed by atoms with Crippen LogP contribution in [0.15, 0.2) is 54.1 Å². The summed E-state index contributed by atoms with van der Waals surface area (Å²) in [4.78, 5) is 27.7. The van der Waals surface area contributed by atoms with Crippen LogP contribution in [0.1, 0.15) is 10.4 Å². The molecule has 0 atom stereocenters. The van der Waals surface area contributed by atoms with E-state index in [-0.39, 0.29) is 18.1 Å². The summed E-state index contributed by atoms with van der Waals surface area (Å²) < 4.78 is 0. The van der Waals surface area contributed by atoms with Crippen LogP contribution in [0.2, 0.25) is 0 Å². The summed E-state index contributed by atoms with van der Waals surface area (Å²) in [6.07, 6.45) is 4.96. The van der Waals surface area contributed by atoms with Gasteiger partial charge >= 0.3 is 5.97 Å². The maximum absolute atomic E-state index is 12.4. The van der Waals surface area contributed by atoms with Crippen molar-refractivity contribution in [2.75, 3.05) is 5.32 Å². The lowest BCUT2D eigenvalue weighted by molar-refractivity contribution is -0.136. The van der Waals surface area contributed by atoms with Gasteiger partial charge in [-0.15, -0.1) is 0 Å². The number of benzene rings is 2. The molecular weight excluding hydrogens is 388 g/mol. The smallest absolute Gasteiger partial charge is 0.307 e. The van der Waals surface area contributed by atoms with Gasteiger partial charge in [0.1, 0.15) is 0 Å². The van der Waals surface area contributed by atoms with E-state index in [0.717, 1.165) is 16.1 Å². The Morgan fingerprint density at radius 1 is 1.07 bits per heavy atom. The van der Waals surface area contributed by atoms with Crippen molar-refractivity contribution in [3.8, 4) is 5.88 Å². The molecule has 0 unspecified atom stereocenters. The van der Waals surface area contributed by atoms with Gasteiger partial charge in [0, 0.05) is 11.3 Å². The molecule has 144 valence electrons. The van der Waals surface area contributed by atoms with E-state index < -0.39 is 5.97 Å². The van der Waals surface area contributed by atoms with Crippen LogP contribution in [0.4, 0.5) is 10.8 Å². The number of carboxylic acid groups (broad SMARTS) is 1. The van der Waals surface area contributed by atoms with E-state index in [9.17, 15) is 14.7 Å². The van der Waals surface area contributed by atoms with Crippen LogP contribution in [0.3, 0.4) is 0 Å². The molecule has 0 spiro atoms. The van der Waals surface area contributed by atoms with Crippen molar-refractivity contribution < 1.29 is 19.8 Å². The Hall–Kier alpha value is -3.71. The second-order valence-electron chi connectivity index (χ2n) is 6.48. The number of carboxylic acids is 1. The SMILES string of the molecule is O=C(O)Cc1ccc(Nc2nc(O)c(C=C3C=c4ccccc4=CC3=O)s2)cc1. The first-order valence-electron chi connectivity index (χ1n) is 8.80. The normalized spacial score (nSPS) is 14.1. The van der Waals surface area contributed by atoms with Gasteiger partial charge in [-0.3, -0.25) is 9.59 Å². The van der Waals surface area contributed by atoms with Crippen molar-refractivity contribution in [2.45, 2.75) is 6.42 Å². The number of hydrogen-bond acceptors (Lipinski definition) is 6. The monoisotopic (exact) mass is 404 g/mol. The highest BCUT2D eigenvalue weighted by Crippen LogP contribution is 2.32. The third-order valence-corrected chi connectivity index (χ3v) is 5.27. The van der Waals surface area contributed by atoms with Crippen molar-refractivity contribution in [2.24, 2.45) is 0 Å². The minimum Gasteiger partial charge on any atom is -0.492 e. The van der Waals surface area contributed by atoms with Crippen LogP contribution < -0.4 is 15.8 Å². The zero-order chi connectivity index (χ0) is 20.4. The first kappa shape index (κ1) is 18.6. The zero-order valence-corrected chi connectivity index (χ0v) is 15.9. The fourth-order valence-electron chi connectivity index (χ4n) is 2.97. The number of rotatable bonds is 5. The molecular formula is C22H16N2O4S. The molecule has 0 aliphatic heterocycles. The van der Waals surface area contributed by atoms with Gasteiger partial charge in [-0.1, -0.05) is 47.7 Å². The van der Waals surface area contributed by atoms with E-state index in [0.29, 0.717) is 21.1 Å².